The molecule has 25 heavy (non-hydrogen) atoms. The molecule has 5 nitrogen and oxygen atoms in total. The summed E-state index contributed by atoms with van der Waals surface area (Å²) in [4.78, 5) is 29.1. The standard InChI is InChI=1S/C17H19BrN2O3S2/c1-3-20-8-7-10-12(9-20)25-16(14(10)17(22)23-4-2)19-15(21)11-5-6-13(18)24-11/h5-6H,3-4,7-9H2,1-2H3,(H,19,21). The maximum absolute atomic E-state index is 12.5. The number of ether oxygens (including phenoxy) is 1. The number of esters is 1. The van der Waals surface area contributed by atoms with Crippen molar-refractivity contribution < 1.29 is 14.3 Å². The zero-order chi connectivity index (χ0) is 18.0. The maximum atomic E-state index is 12.5. The Hall–Kier alpha value is -1.22. The number of hydrogen-bond donors (Lipinski definition) is 1. The van der Waals surface area contributed by atoms with E-state index in [9.17, 15) is 9.59 Å². The molecule has 134 valence electrons. The van der Waals surface area contributed by atoms with Crippen molar-refractivity contribution in [3.8, 4) is 0 Å². The first-order valence-corrected chi connectivity index (χ1v) is 10.6. The highest BCUT2D eigenvalue weighted by molar-refractivity contribution is 9.11. The van der Waals surface area contributed by atoms with Crippen LogP contribution >= 0.6 is 38.6 Å². The molecule has 2 aromatic heterocycles. The molecule has 3 heterocycles. The van der Waals surface area contributed by atoms with Gasteiger partial charge in [-0.3, -0.25) is 9.69 Å². The van der Waals surface area contributed by atoms with Crippen molar-refractivity contribution in [2.75, 3.05) is 25.0 Å². The molecule has 1 amide bonds. The van der Waals surface area contributed by atoms with Crippen LogP contribution in [-0.4, -0.2) is 36.5 Å². The number of carbonyl (C=O) groups is 2. The van der Waals surface area contributed by atoms with Crippen LogP contribution in [0.3, 0.4) is 0 Å². The van der Waals surface area contributed by atoms with Gasteiger partial charge in [-0.05, 0) is 53.5 Å². The number of hydrogen-bond acceptors (Lipinski definition) is 6. The normalized spacial score (nSPS) is 14.2. The lowest BCUT2D eigenvalue weighted by atomic mass is 10.0. The van der Waals surface area contributed by atoms with Crippen LogP contribution in [0.25, 0.3) is 0 Å². The summed E-state index contributed by atoms with van der Waals surface area (Å²) >= 11 is 6.21. The molecule has 0 aromatic carbocycles. The first kappa shape index (κ1) is 18.6. The van der Waals surface area contributed by atoms with Crippen molar-refractivity contribution in [2.45, 2.75) is 26.8 Å². The summed E-state index contributed by atoms with van der Waals surface area (Å²) in [6, 6.07) is 3.60. The van der Waals surface area contributed by atoms with Crippen LogP contribution in [0.4, 0.5) is 5.00 Å². The summed E-state index contributed by atoms with van der Waals surface area (Å²) in [5, 5.41) is 3.51. The van der Waals surface area contributed by atoms with E-state index in [-0.39, 0.29) is 11.9 Å². The maximum Gasteiger partial charge on any atom is 0.341 e. The number of amides is 1. The van der Waals surface area contributed by atoms with E-state index >= 15 is 0 Å². The highest BCUT2D eigenvalue weighted by Gasteiger charge is 2.29. The Morgan fingerprint density at radius 1 is 1.32 bits per heavy atom. The summed E-state index contributed by atoms with van der Waals surface area (Å²) in [5.41, 5.74) is 1.55. The van der Waals surface area contributed by atoms with E-state index in [1.807, 2.05) is 6.07 Å². The summed E-state index contributed by atoms with van der Waals surface area (Å²) in [6.45, 7) is 6.92. The number of rotatable bonds is 5. The molecule has 1 aliphatic heterocycles. The first-order chi connectivity index (χ1) is 12.0. The van der Waals surface area contributed by atoms with Gasteiger partial charge in [0.1, 0.15) is 5.00 Å². The van der Waals surface area contributed by atoms with Gasteiger partial charge < -0.3 is 10.1 Å². The predicted molar refractivity (Wildman–Crippen MR) is 105 cm³/mol. The van der Waals surface area contributed by atoms with Crippen molar-refractivity contribution in [1.82, 2.24) is 4.90 Å². The summed E-state index contributed by atoms with van der Waals surface area (Å²) < 4.78 is 6.13. The van der Waals surface area contributed by atoms with Crippen LogP contribution in [0, 0.1) is 0 Å². The Balaban J connectivity index is 1.93. The monoisotopic (exact) mass is 442 g/mol. The SMILES string of the molecule is CCOC(=O)c1c(NC(=O)c2ccc(Br)s2)sc2c1CCN(CC)C2. The smallest absolute Gasteiger partial charge is 0.341 e. The van der Waals surface area contributed by atoms with Gasteiger partial charge in [0, 0.05) is 18.0 Å². The first-order valence-electron chi connectivity index (χ1n) is 8.14. The van der Waals surface area contributed by atoms with Crippen molar-refractivity contribution in [3.63, 3.8) is 0 Å². The average Bonchev–Trinajstić information content (AvgIpc) is 3.17. The van der Waals surface area contributed by atoms with Gasteiger partial charge in [0.25, 0.3) is 5.91 Å². The third-order valence-electron chi connectivity index (χ3n) is 4.09. The van der Waals surface area contributed by atoms with Gasteiger partial charge in [0.15, 0.2) is 0 Å². The fourth-order valence-electron chi connectivity index (χ4n) is 2.83. The molecule has 0 aliphatic carbocycles. The van der Waals surface area contributed by atoms with E-state index in [2.05, 4.69) is 33.1 Å². The predicted octanol–water partition coefficient (Wildman–Crippen LogP) is 4.38. The Labute approximate surface area is 163 Å². The average molecular weight is 443 g/mol. The topological polar surface area (TPSA) is 58.6 Å². The van der Waals surface area contributed by atoms with Gasteiger partial charge in [0.05, 0.1) is 20.8 Å². The lowest BCUT2D eigenvalue weighted by Crippen LogP contribution is -2.30. The number of nitrogens with one attached hydrogen (secondary N) is 1. The van der Waals surface area contributed by atoms with E-state index in [4.69, 9.17) is 4.74 Å². The summed E-state index contributed by atoms with van der Waals surface area (Å²) in [6.07, 6.45) is 0.800. The van der Waals surface area contributed by atoms with Crippen LogP contribution < -0.4 is 5.32 Å². The zero-order valence-corrected chi connectivity index (χ0v) is 17.3. The molecular formula is C17H19BrN2O3S2. The van der Waals surface area contributed by atoms with E-state index in [1.165, 1.54) is 22.7 Å². The fourth-order valence-corrected chi connectivity index (χ4v) is 5.39. The second-order valence-electron chi connectivity index (χ2n) is 5.61. The van der Waals surface area contributed by atoms with Crippen LogP contribution in [0.15, 0.2) is 15.9 Å². The molecule has 0 unspecified atom stereocenters. The number of anilines is 1. The number of fused-ring (bicyclic) bond motifs is 1. The third kappa shape index (κ3) is 3.97. The Morgan fingerprint density at radius 2 is 2.12 bits per heavy atom. The molecule has 2 aromatic rings. The molecule has 0 fully saturated rings. The minimum atomic E-state index is -0.354. The van der Waals surface area contributed by atoms with Crippen LogP contribution in [0.1, 0.15) is 44.3 Å². The molecule has 3 rings (SSSR count). The Kier molecular flexibility index (Phi) is 5.93. The Bertz CT molecular complexity index is 800. The van der Waals surface area contributed by atoms with E-state index in [1.54, 1.807) is 13.0 Å². The van der Waals surface area contributed by atoms with Crippen LogP contribution in [0.5, 0.6) is 0 Å². The van der Waals surface area contributed by atoms with Gasteiger partial charge in [-0.25, -0.2) is 4.79 Å². The van der Waals surface area contributed by atoms with Crippen molar-refractivity contribution in [1.29, 1.82) is 0 Å². The molecule has 1 aliphatic rings. The number of carbonyl (C=O) groups excluding carboxylic acids is 2. The second kappa shape index (κ2) is 7.99. The van der Waals surface area contributed by atoms with Crippen molar-refractivity contribution in [2.24, 2.45) is 0 Å². The largest absolute Gasteiger partial charge is 0.462 e. The van der Waals surface area contributed by atoms with Crippen LogP contribution in [0.2, 0.25) is 0 Å². The molecule has 0 radical (unpaired) electrons. The highest BCUT2D eigenvalue weighted by atomic mass is 79.9. The van der Waals surface area contributed by atoms with E-state index in [0.29, 0.717) is 22.0 Å². The molecule has 0 saturated carbocycles. The van der Waals surface area contributed by atoms with Crippen LogP contribution in [-0.2, 0) is 17.7 Å². The lowest BCUT2D eigenvalue weighted by molar-refractivity contribution is 0.0526. The summed E-state index contributed by atoms with van der Waals surface area (Å²) in [7, 11) is 0. The van der Waals surface area contributed by atoms with Crippen molar-refractivity contribution in [3.05, 3.63) is 36.8 Å². The minimum absolute atomic E-state index is 0.202. The van der Waals surface area contributed by atoms with Gasteiger partial charge >= 0.3 is 5.97 Å². The van der Waals surface area contributed by atoms with E-state index in [0.717, 1.165) is 40.3 Å². The van der Waals surface area contributed by atoms with Gasteiger partial charge in [-0.1, -0.05) is 6.92 Å². The quantitative estimate of drug-likeness (QED) is 0.697. The molecule has 0 saturated heterocycles. The molecule has 0 atom stereocenters. The lowest BCUT2D eigenvalue weighted by Gasteiger charge is -2.25. The summed E-state index contributed by atoms with van der Waals surface area (Å²) in [5.74, 6) is -0.556. The Morgan fingerprint density at radius 3 is 2.76 bits per heavy atom. The second-order valence-corrected chi connectivity index (χ2v) is 9.17. The fraction of sp³-hybridized carbons (Fsp3) is 0.412. The molecule has 0 spiro atoms. The number of halogens is 1. The minimum Gasteiger partial charge on any atom is -0.462 e. The van der Waals surface area contributed by atoms with Crippen molar-refractivity contribution >= 4 is 55.5 Å². The number of thiophene rings is 2. The highest BCUT2D eigenvalue weighted by Crippen LogP contribution is 2.38. The molecule has 1 N–H and O–H groups in total. The molecule has 8 heteroatoms. The van der Waals surface area contributed by atoms with Gasteiger partial charge in [0.2, 0.25) is 0 Å². The third-order valence-corrected chi connectivity index (χ3v) is 6.84. The van der Waals surface area contributed by atoms with Gasteiger partial charge in [-0.2, -0.15) is 0 Å². The molecule has 0 bridgehead atoms. The molecular weight excluding hydrogens is 424 g/mol. The van der Waals surface area contributed by atoms with Gasteiger partial charge in [-0.15, -0.1) is 22.7 Å². The number of nitrogens with zero attached hydrogens (tertiary/aromatic N) is 1. The number of likely N-dealkylation sites (N-methyl/N-ethyl adjacent to an activating group) is 1. The van der Waals surface area contributed by atoms with E-state index < -0.39 is 0 Å². The zero-order valence-electron chi connectivity index (χ0n) is 14.1.